The summed E-state index contributed by atoms with van der Waals surface area (Å²) in [6.07, 6.45) is 0. The van der Waals surface area contributed by atoms with Crippen LogP contribution in [0.5, 0.6) is 5.75 Å². The largest absolute Gasteiger partial charge is 0.508 e. The third kappa shape index (κ3) is 2.52. The molecule has 4 rings (SSSR count). The van der Waals surface area contributed by atoms with E-state index in [0.29, 0.717) is 5.89 Å². The number of rotatable bonds is 1. The van der Waals surface area contributed by atoms with Crippen LogP contribution in [0.25, 0.3) is 33.3 Å². The van der Waals surface area contributed by atoms with E-state index in [1.54, 1.807) is 12.1 Å². The van der Waals surface area contributed by atoms with Gasteiger partial charge in [-0.15, -0.1) is 0 Å². The Balaban J connectivity index is 1.82. The molecule has 0 radical (unpaired) electrons. The predicted octanol–water partition coefficient (Wildman–Crippen LogP) is 5.65. The van der Waals surface area contributed by atoms with Crippen molar-refractivity contribution in [2.24, 2.45) is 0 Å². The first-order valence-corrected chi connectivity index (χ1v) is 8.04. The molecule has 0 atom stereocenters. The molecule has 0 spiro atoms. The van der Waals surface area contributed by atoms with Crippen LogP contribution in [0, 0.1) is 0 Å². The summed E-state index contributed by atoms with van der Waals surface area (Å²) < 4.78 is 5.93. The van der Waals surface area contributed by atoms with Gasteiger partial charge in [-0.2, -0.15) is 0 Å². The van der Waals surface area contributed by atoms with Crippen molar-refractivity contribution in [1.82, 2.24) is 4.98 Å². The smallest absolute Gasteiger partial charge is 0.227 e. The van der Waals surface area contributed by atoms with Crippen molar-refractivity contribution in [1.29, 1.82) is 0 Å². The molecule has 120 valence electrons. The van der Waals surface area contributed by atoms with Gasteiger partial charge in [-0.1, -0.05) is 39.0 Å². The molecule has 0 bridgehead atoms. The summed E-state index contributed by atoms with van der Waals surface area (Å²) in [4.78, 5) is 4.67. The lowest BCUT2D eigenvalue weighted by molar-refractivity contribution is 0.476. The van der Waals surface area contributed by atoms with E-state index < -0.39 is 0 Å². The summed E-state index contributed by atoms with van der Waals surface area (Å²) >= 11 is 0. The van der Waals surface area contributed by atoms with Crippen molar-refractivity contribution >= 4 is 21.9 Å². The van der Waals surface area contributed by atoms with Gasteiger partial charge in [-0.3, -0.25) is 0 Å². The quantitative estimate of drug-likeness (QED) is 0.493. The fourth-order valence-electron chi connectivity index (χ4n) is 2.88. The first kappa shape index (κ1) is 14.8. The van der Waals surface area contributed by atoms with Crippen molar-refractivity contribution in [2.45, 2.75) is 26.2 Å². The van der Waals surface area contributed by atoms with Crippen molar-refractivity contribution in [3.05, 3.63) is 60.2 Å². The summed E-state index contributed by atoms with van der Waals surface area (Å²) in [5.74, 6) is 0.887. The number of benzene rings is 3. The number of hydrogen-bond donors (Lipinski definition) is 1. The Morgan fingerprint density at radius 1 is 0.875 bits per heavy atom. The maximum absolute atomic E-state index is 9.57. The standard InChI is InChI=1S/C21H19NO2/c1-21(2,3)16-7-9-19-18(12-16)22-20(24-19)15-5-4-14-11-17(23)8-6-13(14)10-15/h4-12,23H,1-3H3. The number of hydrogen-bond acceptors (Lipinski definition) is 3. The molecule has 0 amide bonds. The molecular formula is C21H19NO2. The van der Waals surface area contributed by atoms with Crippen LogP contribution in [0.1, 0.15) is 26.3 Å². The first-order valence-electron chi connectivity index (χ1n) is 8.04. The highest BCUT2D eigenvalue weighted by Gasteiger charge is 2.16. The molecule has 0 saturated carbocycles. The molecule has 0 unspecified atom stereocenters. The third-order valence-corrected chi connectivity index (χ3v) is 4.32. The normalized spacial score (nSPS) is 12.1. The topological polar surface area (TPSA) is 46.3 Å². The van der Waals surface area contributed by atoms with Gasteiger partial charge in [0, 0.05) is 5.56 Å². The van der Waals surface area contributed by atoms with E-state index in [1.807, 2.05) is 30.3 Å². The van der Waals surface area contributed by atoms with Crippen LogP contribution in [0.4, 0.5) is 0 Å². The molecule has 3 nitrogen and oxygen atoms in total. The van der Waals surface area contributed by atoms with E-state index in [9.17, 15) is 5.11 Å². The van der Waals surface area contributed by atoms with E-state index in [-0.39, 0.29) is 11.2 Å². The van der Waals surface area contributed by atoms with Crippen LogP contribution in [-0.4, -0.2) is 10.1 Å². The molecule has 3 aromatic carbocycles. The summed E-state index contributed by atoms with van der Waals surface area (Å²) in [7, 11) is 0. The molecule has 0 aliphatic rings. The number of aromatic nitrogens is 1. The highest BCUT2D eigenvalue weighted by molar-refractivity contribution is 5.88. The fraction of sp³-hybridized carbons (Fsp3) is 0.190. The number of fused-ring (bicyclic) bond motifs is 2. The number of phenols is 1. The van der Waals surface area contributed by atoms with Gasteiger partial charge in [-0.05, 0) is 58.1 Å². The Hall–Kier alpha value is -2.81. The molecule has 0 aliphatic carbocycles. The van der Waals surface area contributed by atoms with Crippen molar-refractivity contribution in [3.63, 3.8) is 0 Å². The Morgan fingerprint density at radius 3 is 2.42 bits per heavy atom. The van der Waals surface area contributed by atoms with Crippen molar-refractivity contribution in [2.75, 3.05) is 0 Å². The van der Waals surface area contributed by atoms with E-state index >= 15 is 0 Å². The summed E-state index contributed by atoms with van der Waals surface area (Å²) in [5.41, 5.74) is 3.93. The van der Waals surface area contributed by atoms with Crippen LogP contribution < -0.4 is 0 Å². The average molecular weight is 317 g/mol. The third-order valence-electron chi connectivity index (χ3n) is 4.32. The van der Waals surface area contributed by atoms with Gasteiger partial charge < -0.3 is 9.52 Å². The minimum absolute atomic E-state index is 0.0816. The molecule has 1 N–H and O–H groups in total. The highest BCUT2D eigenvalue weighted by Crippen LogP contribution is 2.31. The minimum Gasteiger partial charge on any atom is -0.508 e. The van der Waals surface area contributed by atoms with Crippen LogP contribution >= 0.6 is 0 Å². The zero-order chi connectivity index (χ0) is 16.9. The summed E-state index contributed by atoms with van der Waals surface area (Å²) in [6, 6.07) is 17.5. The lowest BCUT2D eigenvalue weighted by Crippen LogP contribution is -2.10. The summed E-state index contributed by atoms with van der Waals surface area (Å²) in [5, 5.41) is 11.6. The zero-order valence-corrected chi connectivity index (χ0v) is 14.0. The van der Waals surface area contributed by atoms with Crippen LogP contribution in [0.15, 0.2) is 59.0 Å². The molecule has 1 aromatic heterocycles. The van der Waals surface area contributed by atoms with E-state index in [2.05, 4.69) is 37.9 Å². The molecule has 1 heterocycles. The molecule has 3 heteroatoms. The van der Waals surface area contributed by atoms with Gasteiger partial charge in [0.05, 0.1) is 0 Å². The molecule has 0 aliphatic heterocycles. The van der Waals surface area contributed by atoms with Gasteiger partial charge >= 0.3 is 0 Å². The molecule has 24 heavy (non-hydrogen) atoms. The molecular weight excluding hydrogens is 298 g/mol. The highest BCUT2D eigenvalue weighted by atomic mass is 16.3. The zero-order valence-electron chi connectivity index (χ0n) is 14.0. The number of phenolic OH excluding ortho intramolecular Hbond substituents is 1. The molecule has 4 aromatic rings. The van der Waals surface area contributed by atoms with Crippen molar-refractivity contribution in [3.8, 4) is 17.2 Å². The van der Waals surface area contributed by atoms with Gasteiger partial charge in [-0.25, -0.2) is 4.98 Å². The minimum atomic E-state index is 0.0816. The number of aromatic hydroxyl groups is 1. The van der Waals surface area contributed by atoms with E-state index in [4.69, 9.17) is 4.42 Å². The summed E-state index contributed by atoms with van der Waals surface area (Å²) in [6.45, 7) is 6.57. The lowest BCUT2D eigenvalue weighted by Gasteiger charge is -2.18. The van der Waals surface area contributed by atoms with Gasteiger partial charge in [0.1, 0.15) is 11.3 Å². The van der Waals surface area contributed by atoms with Gasteiger partial charge in [0.25, 0.3) is 0 Å². The van der Waals surface area contributed by atoms with Crippen LogP contribution in [0.2, 0.25) is 0 Å². The second-order valence-corrected chi connectivity index (χ2v) is 7.20. The second kappa shape index (κ2) is 5.10. The maximum Gasteiger partial charge on any atom is 0.227 e. The van der Waals surface area contributed by atoms with E-state index in [0.717, 1.165) is 27.4 Å². The monoisotopic (exact) mass is 317 g/mol. The number of nitrogens with zero attached hydrogens (tertiary/aromatic N) is 1. The Labute approximate surface area is 140 Å². The Morgan fingerprint density at radius 2 is 1.62 bits per heavy atom. The number of oxazole rings is 1. The Kier molecular flexibility index (Phi) is 3.14. The maximum atomic E-state index is 9.57. The van der Waals surface area contributed by atoms with Crippen LogP contribution in [0.3, 0.4) is 0 Å². The van der Waals surface area contributed by atoms with Crippen LogP contribution in [-0.2, 0) is 5.41 Å². The van der Waals surface area contributed by atoms with Crippen molar-refractivity contribution < 1.29 is 9.52 Å². The molecule has 0 fully saturated rings. The fourth-order valence-corrected chi connectivity index (χ4v) is 2.88. The first-order chi connectivity index (χ1) is 11.4. The SMILES string of the molecule is CC(C)(C)c1ccc2oc(-c3ccc4cc(O)ccc4c3)nc2c1. The predicted molar refractivity (Wildman–Crippen MR) is 97.3 cm³/mol. The lowest BCUT2D eigenvalue weighted by atomic mass is 9.87. The molecule has 0 saturated heterocycles. The van der Waals surface area contributed by atoms with Gasteiger partial charge in [0.15, 0.2) is 5.58 Å². The second-order valence-electron chi connectivity index (χ2n) is 7.20. The van der Waals surface area contributed by atoms with Gasteiger partial charge in [0.2, 0.25) is 5.89 Å². The van der Waals surface area contributed by atoms with E-state index in [1.165, 1.54) is 5.56 Å². The average Bonchev–Trinajstić information content (AvgIpc) is 2.96. The Bertz CT molecular complexity index is 1050.